The highest BCUT2D eigenvalue weighted by atomic mass is 32.2. The smallest absolute Gasteiger partial charge is 0.336 e. The summed E-state index contributed by atoms with van der Waals surface area (Å²) >= 11 is 0. The van der Waals surface area contributed by atoms with Crippen LogP contribution in [-0.2, 0) is 39.8 Å². The van der Waals surface area contributed by atoms with Gasteiger partial charge in [-0.25, -0.2) is 4.98 Å². The monoisotopic (exact) mass is 662 g/mol. The van der Waals surface area contributed by atoms with Crippen LogP contribution in [0.4, 0.5) is 5.69 Å². The summed E-state index contributed by atoms with van der Waals surface area (Å²) in [5, 5.41) is 1.19. The predicted molar refractivity (Wildman–Crippen MR) is 179 cm³/mol. The van der Waals surface area contributed by atoms with Gasteiger partial charge in [0.15, 0.2) is 5.82 Å². The van der Waals surface area contributed by atoms with Crippen LogP contribution in [0, 0.1) is 5.92 Å². The highest BCUT2D eigenvalue weighted by Gasteiger charge is 2.36. The summed E-state index contributed by atoms with van der Waals surface area (Å²) in [7, 11) is -0.545. The molecule has 2 aromatic heterocycles. The van der Waals surface area contributed by atoms with Crippen molar-refractivity contribution in [1.29, 1.82) is 0 Å². The van der Waals surface area contributed by atoms with Crippen LogP contribution >= 0.6 is 0 Å². The molecule has 2 saturated heterocycles. The van der Waals surface area contributed by atoms with Gasteiger partial charge in [-0.2, -0.15) is 12.7 Å². The number of carbonyl (C=O) groups excluding carboxylic acids is 1. The van der Waals surface area contributed by atoms with E-state index in [4.69, 9.17) is 14.5 Å². The number of hydrogen-bond acceptors (Lipinski definition) is 7. The Bertz CT molecular complexity index is 1960. The molecule has 1 amide bonds. The van der Waals surface area contributed by atoms with Crippen molar-refractivity contribution in [2.24, 2.45) is 13.0 Å². The molecule has 0 radical (unpaired) electrons. The van der Waals surface area contributed by atoms with Crippen molar-refractivity contribution in [2.75, 3.05) is 57.9 Å². The summed E-state index contributed by atoms with van der Waals surface area (Å²) in [5.41, 5.74) is 6.82. The molecule has 5 heterocycles. The second-order valence-corrected chi connectivity index (χ2v) is 14.9. The number of imidazole rings is 1. The molecule has 1 N–H and O–H groups in total. The van der Waals surface area contributed by atoms with Crippen LogP contribution in [0.5, 0.6) is 0 Å². The fourth-order valence-electron chi connectivity index (χ4n) is 7.69. The molecule has 1 aliphatic carbocycles. The third-order valence-corrected chi connectivity index (χ3v) is 11.6. The Kier molecular flexibility index (Phi) is 7.79. The summed E-state index contributed by atoms with van der Waals surface area (Å²) in [4.78, 5) is 23.0. The predicted octanol–water partition coefficient (Wildman–Crippen LogP) is 3.72. The van der Waals surface area contributed by atoms with Crippen LogP contribution in [0.15, 0.2) is 36.4 Å². The number of nitrogens with zero attached hydrogens (tertiary/aromatic N) is 6. The maximum atomic E-state index is 13.8. The van der Waals surface area contributed by atoms with Gasteiger partial charge in [-0.3, -0.25) is 9.35 Å². The number of piperidine rings is 1. The average Bonchev–Trinajstić information content (AvgIpc) is 3.75. The van der Waals surface area contributed by atoms with Crippen LogP contribution < -0.4 is 4.90 Å². The lowest BCUT2D eigenvalue weighted by Gasteiger charge is -2.37. The fourth-order valence-corrected chi connectivity index (χ4v) is 8.50. The first-order valence-electron chi connectivity index (χ1n) is 16.7. The standard InChI is InChI=1S/C34H42N6O6S/c1-36-31-15-23-7-10-38(20-26-21-46-14-13-40(26)47(42,43)44)34(41)28(23)18-29(31)35-33(36)32-16-24-5-6-25(37-11-8-27(45-2)9-12-37)17-30(24)39(32)19-22-3-4-22/h5-6,15-18,22,26-27H,3-4,7-14,19-21H2,1-2H3,(H,42,43,44). The van der Waals surface area contributed by atoms with Crippen LogP contribution in [0.2, 0.25) is 0 Å². The van der Waals surface area contributed by atoms with Crippen molar-refractivity contribution >= 4 is 43.8 Å². The number of ether oxygens (including phenoxy) is 2. The number of amides is 1. The van der Waals surface area contributed by atoms with Crippen molar-refractivity contribution in [1.82, 2.24) is 23.3 Å². The average molecular weight is 663 g/mol. The number of aryl methyl sites for hydroxylation is 1. The Morgan fingerprint density at radius 3 is 2.55 bits per heavy atom. The van der Waals surface area contributed by atoms with Crippen molar-refractivity contribution in [3.63, 3.8) is 0 Å². The number of anilines is 1. The minimum atomic E-state index is -4.40. The number of methoxy groups -OCH3 is 1. The topological polar surface area (TPSA) is 122 Å². The molecule has 1 unspecified atom stereocenters. The molecule has 47 heavy (non-hydrogen) atoms. The third-order valence-electron chi connectivity index (χ3n) is 10.6. The van der Waals surface area contributed by atoms with E-state index >= 15 is 0 Å². The summed E-state index contributed by atoms with van der Waals surface area (Å²) < 4.78 is 50.4. The number of aromatic nitrogens is 3. The van der Waals surface area contributed by atoms with E-state index < -0.39 is 16.3 Å². The van der Waals surface area contributed by atoms with Gasteiger partial charge in [0.2, 0.25) is 0 Å². The molecule has 1 atom stereocenters. The van der Waals surface area contributed by atoms with E-state index in [2.05, 4.69) is 44.4 Å². The van der Waals surface area contributed by atoms with Gasteiger partial charge in [0, 0.05) is 70.1 Å². The molecule has 1 saturated carbocycles. The van der Waals surface area contributed by atoms with Crippen molar-refractivity contribution in [3.8, 4) is 11.5 Å². The lowest BCUT2D eigenvalue weighted by molar-refractivity contribution is 0.0142. The van der Waals surface area contributed by atoms with E-state index in [0.717, 1.165) is 64.9 Å². The molecule has 8 rings (SSSR count). The fraction of sp³-hybridized carbons (Fsp3) is 0.529. The zero-order valence-electron chi connectivity index (χ0n) is 27.0. The Labute approximate surface area is 274 Å². The molecular weight excluding hydrogens is 620 g/mol. The third kappa shape index (κ3) is 5.71. The lowest BCUT2D eigenvalue weighted by atomic mass is 9.97. The molecule has 13 heteroatoms. The first-order valence-corrected chi connectivity index (χ1v) is 18.1. The number of rotatable bonds is 8. The molecule has 0 bridgehead atoms. The van der Waals surface area contributed by atoms with Gasteiger partial charge in [0.1, 0.15) is 0 Å². The van der Waals surface area contributed by atoms with Crippen molar-refractivity contribution in [2.45, 2.75) is 50.8 Å². The molecule has 4 aromatic rings. The van der Waals surface area contributed by atoms with E-state index in [1.165, 1.54) is 29.4 Å². The molecule has 3 fully saturated rings. The molecule has 0 spiro atoms. The maximum absolute atomic E-state index is 13.8. The van der Waals surface area contributed by atoms with Crippen molar-refractivity contribution in [3.05, 3.63) is 47.5 Å². The molecular formula is C34H42N6O6S. The van der Waals surface area contributed by atoms with Gasteiger partial charge in [-0.1, -0.05) is 6.07 Å². The minimum Gasteiger partial charge on any atom is -0.381 e. The highest BCUT2D eigenvalue weighted by Crippen LogP contribution is 2.38. The van der Waals surface area contributed by atoms with E-state index in [1.807, 2.05) is 13.1 Å². The van der Waals surface area contributed by atoms with E-state index in [0.29, 0.717) is 30.6 Å². The van der Waals surface area contributed by atoms with Gasteiger partial charge in [-0.15, -0.1) is 0 Å². The van der Waals surface area contributed by atoms with Gasteiger partial charge >= 0.3 is 10.3 Å². The number of morpholine rings is 1. The van der Waals surface area contributed by atoms with Crippen molar-refractivity contribution < 1.29 is 27.2 Å². The van der Waals surface area contributed by atoms with Gasteiger partial charge in [0.05, 0.1) is 47.6 Å². The lowest BCUT2D eigenvalue weighted by Crippen LogP contribution is -2.55. The molecule has 12 nitrogen and oxygen atoms in total. The molecule has 3 aliphatic heterocycles. The molecule has 4 aliphatic rings. The Balaban J connectivity index is 1.12. The second-order valence-electron chi connectivity index (χ2n) is 13.6. The quantitative estimate of drug-likeness (QED) is 0.284. The van der Waals surface area contributed by atoms with Gasteiger partial charge in [0.25, 0.3) is 5.91 Å². The minimum absolute atomic E-state index is 0.0608. The largest absolute Gasteiger partial charge is 0.381 e. The Morgan fingerprint density at radius 2 is 1.81 bits per heavy atom. The second kappa shape index (κ2) is 11.9. The summed E-state index contributed by atoms with van der Waals surface area (Å²) in [6, 6.07) is 12.4. The number of fused-ring (bicyclic) bond motifs is 3. The summed E-state index contributed by atoms with van der Waals surface area (Å²) in [6.07, 6.45) is 5.53. The highest BCUT2D eigenvalue weighted by molar-refractivity contribution is 7.83. The SMILES string of the molecule is COC1CCN(c2ccc3cc(-c4nc5cc6c(cc5n4C)CCN(CC4COCCN4S(=O)(=O)O)C6=O)n(CC4CC4)c3c2)CC1. The van der Waals surface area contributed by atoms with Crippen LogP contribution in [0.1, 0.15) is 41.6 Å². The van der Waals surface area contributed by atoms with E-state index in [-0.39, 0.29) is 32.2 Å². The van der Waals surface area contributed by atoms with E-state index in [1.54, 1.807) is 12.0 Å². The first-order chi connectivity index (χ1) is 22.7. The number of hydrogen-bond donors (Lipinski definition) is 1. The van der Waals surface area contributed by atoms with E-state index in [9.17, 15) is 17.8 Å². The Morgan fingerprint density at radius 1 is 1.00 bits per heavy atom. The normalized spacial score (nSPS) is 21.7. The molecule has 250 valence electrons. The van der Waals surface area contributed by atoms with Crippen LogP contribution in [0.25, 0.3) is 33.5 Å². The zero-order chi connectivity index (χ0) is 32.4. The Hall–Kier alpha value is -3.49. The summed E-state index contributed by atoms with van der Waals surface area (Å²) in [6.45, 7) is 3.93. The zero-order valence-corrected chi connectivity index (χ0v) is 27.8. The molecule has 2 aromatic carbocycles. The first kappa shape index (κ1) is 30.8. The number of benzene rings is 2. The maximum Gasteiger partial charge on any atom is 0.336 e. The van der Waals surface area contributed by atoms with Crippen LogP contribution in [-0.4, -0.2) is 107 Å². The van der Waals surface area contributed by atoms with Crippen LogP contribution in [0.3, 0.4) is 0 Å². The summed E-state index contributed by atoms with van der Waals surface area (Å²) in [5.74, 6) is 1.38. The van der Waals surface area contributed by atoms with Gasteiger partial charge in [-0.05, 0) is 73.9 Å². The van der Waals surface area contributed by atoms with Gasteiger partial charge < -0.3 is 28.4 Å². The number of carbonyl (C=O) groups is 1.